The molecule has 0 saturated carbocycles. The zero-order valence-electron chi connectivity index (χ0n) is 10.6. The van der Waals surface area contributed by atoms with Gasteiger partial charge < -0.3 is 10.5 Å². The first-order chi connectivity index (χ1) is 9.02. The number of benzene rings is 1. The highest BCUT2D eigenvalue weighted by molar-refractivity contribution is 6.07. The fourth-order valence-corrected chi connectivity index (χ4v) is 1.18. The van der Waals surface area contributed by atoms with Gasteiger partial charge in [-0.25, -0.2) is 4.79 Å². The SMILES string of the molecule is C=CC(C=CC(C)=N)=NNc1ccc(C(=O)O)cc1. The second-order valence-corrected chi connectivity index (χ2v) is 3.75. The Morgan fingerprint density at radius 3 is 2.47 bits per heavy atom. The molecule has 5 heteroatoms. The predicted molar refractivity (Wildman–Crippen MR) is 77.2 cm³/mol. The maximum atomic E-state index is 10.7. The number of aromatic carboxylic acids is 1. The third-order valence-electron chi connectivity index (χ3n) is 2.16. The van der Waals surface area contributed by atoms with E-state index in [9.17, 15) is 4.79 Å². The summed E-state index contributed by atoms with van der Waals surface area (Å²) < 4.78 is 0. The molecule has 0 spiro atoms. The maximum absolute atomic E-state index is 10.7. The van der Waals surface area contributed by atoms with Crippen LogP contribution in [0.25, 0.3) is 0 Å². The first-order valence-electron chi connectivity index (χ1n) is 5.55. The fourth-order valence-electron chi connectivity index (χ4n) is 1.18. The molecule has 0 bridgehead atoms. The monoisotopic (exact) mass is 257 g/mol. The van der Waals surface area contributed by atoms with E-state index in [0.29, 0.717) is 17.1 Å². The first-order valence-corrected chi connectivity index (χ1v) is 5.55. The van der Waals surface area contributed by atoms with E-state index in [-0.39, 0.29) is 5.56 Å². The maximum Gasteiger partial charge on any atom is 0.335 e. The smallest absolute Gasteiger partial charge is 0.335 e. The lowest BCUT2D eigenvalue weighted by Crippen LogP contribution is -1.98. The molecule has 0 aliphatic heterocycles. The number of anilines is 1. The number of allylic oxidation sites excluding steroid dienone is 3. The van der Waals surface area contributed by atoms with Gasteiger partial charge in [-0.2, -0.15) is 5.10 Å². The molecule has 0 radical (unpaired) electrons. The van der Waals surface area contributed by atoms with E-state index in [2.05, 4.69) is 17.1 Å². The quantitative estimate of drug-likeness (QED) is 0.541. The van der Waals surface area contributed by atoms with Gasteiger partial charge in [0.1, 0.15) is 0 Å². The molecule has 19 heavy (non-hydrogen) atoms. The third-order valence-corrected chi connectivity index (χ3v) is 2.16. The first kappa shape index (κ1) is 14.4. The Morgan fingerprint density at radius 1 is 1.37 bits per heavy atom. The number of carboxylic acids is 1. The van der Waals surface area contributed by atoms with Gasteiger partial charge in [0, 0.05) is 5.71 Å². The second kappa shape index (κ2) is 6.90. The minimum Gasteiger partial charge on any atom is -0.478 e. The van der Waals surface area contributed by atoms with Crippen molar-refractivity contribution >= 4 is 23.1 Å². The Labute approximate surface area is 111 Å². The van der Waals surface area contributed by atoms with Gasteiger partial charge in [0.25, 0.3) is 0 Å². The Balaban J connectivity index is 2.75. The summed E-state index contributed by atoms with van der Waals surface area (Å²) in [6.07, 6.45) is 4.82. The van der Waals surface area contributed by atoms with Crippen molar-refractivity contribution < 1.29 is 9.90 Å². The van der Waals surface area contributed by atoms with Crippen molar-refractivity contribution in [2.45, 2.75) is 6.92 Å². The molecule has 0 saturated heterocycles. The van der Waals surface area contributed by atoms with Crippen LogP contribution >= 0.6 is 0 Å². The van der Waals surface area contributed by atoms with Crippen LogP contribution in [0.15, 0.2) is 54.2 Å². The van der Waals surface area contributed by atoms with E-state index in [1.54, 1.807) is 37.3 Å². The van der Waals surface area contributed by atoms with Crippen LogP contribution < -0.4 is 5.43 Å². The van der Waals surface area contributed by atoms with Crippen molar-refractivity contribution in [1.82, 2.24) is 0 Å². The minimum atomic E-state index is -0.966. The summed E-state index contributed by atoms with van der Waals surface area (Å²) >= 11 is 0. The molecule has 0 aliphatic carbocycles. The lowest BCUT2D eigenvalue weighted by atomic mass is 10.2. The number of rotatable bonds is 6. The number of hydrogen-bond acceptors (Lipinski definition) is 4. The van der Waals surface area contributed by atoms with Crippen molar-refractivity contribution in [2.75, 3.05) is 5.43 Å². The van der Waals surface area contributed by atoms with Gasteiger partial charge in [0.15, 0.2) is 0 Å². The zero-order valence-corrected chi connectivity index (χ0v) is 10.6. The van der Waals surface area contributed by atoms with E-state index in [1.165, 1.54) is 12.1 Å². The van der Waals surface area contributed by atoms with Crippen LogP contribution in [-0.4, -0.2) is 22.5 Å². The summed E-state index contributed by atoms with van der Waals surface area (Å²) in [5.41, 5.74) is 4.67. The summed E-state index contributed by atoms with van der Waals surface area (Å²) in [5, 5.41) is 20.1. The molecule has 0 amide bonds. The number of hydrazone groups is 1. The highest BCUT2D eigenvalue weighted by Crippen LogP contribution is 2.09. The Bertz CT molecular complexity index is 542. The average Bonchev–Trinajstić information content (AvgIpc) is 2.39. The Hall–Kier alpha value is -2.69. The summed E-state index contributed by atoms with van der Waals surface area (Å²) in [4.78, 5) is 10.7. The average molecular weight is 257 g/mol. The summed E-state index contributed by atoms with van der Waals surface area (Å²) in [7, 11) is 0. The van der Waals surface area contributed by atoms with Crippen LogP contribution in [0.3, 0.4) is 0 Å². The van der Waals surface area contributed by atoms with E-state index in [0.717, 1.165) is 0 Å². The molecule has 1 aromatic rings. The lowest BCUT2D eigenvalue weighted by molar-refractivity contribution is 0.0697. The van der Waals surface area contributed by atoms with Crippen LogP contribution in [-0.2, 0) is 0 Å². The Kier molecular flexibility index (Phi) is 5.22. The number of carbonyl (C=O) groups is 1. The van der Waals surface area contributed by atoms with Crippen LogP contribution in [0.1, 0.15) is 17.3 Å². The second-order valence-electron chi connectivity index (χ2n) is 3.75. The van der Waals surface area contributed by atoms with Crippen LogP contribution in [0.5, 0.6) is 0 Å². The molecule has 0 unspecified atom stereocenters. The lowest BCUT2D eigenvalue weighted by Gasteiger charge is -2.01. The van der Waals surface area contributed by atoms with Crippen LogP contribution in [0, 0.1) is 5.41 Å². The van der Waals surface area contributed by atoms with E-state index in [4.69, 9.17) is 10.5 Å². The van der Waals surface area contributed by atoms with Crippen molar-refractivity contribution in [3.05, 3.63) is 54.6 Å². The summed E-state index contributed by atoms with van der Waals surface area (Å²) in [5.74, 6) is -0.966. The molecule has 1 aromatic carbocycles. The van der Waals surface area contributed by atoms with Gasteiger partial charge in [-0.1, -0.05) is 6.58 Å². The zero-order chi connectivity index (χ0) is 14.3. The molecular formula is C14H15N3O2. The van der Waals surface area contributed by atoms with E-state index >= 15 is 0 Å². The van der Waals surface area contributed by atoms with Crippen molar-refractivity contribution in [1.29, 1.82) is 5.41 Å². The van der Waals surface area contributed by atoms with E-state index < -0.39 is 5.97 Å². The van der Waals surface area contributed by atoms with Gasteiger partial charge in [-0.05, 0) is 49.4 Å². The molecule has 0 atom stereocenters. The van der Waals surface area contributed by atoms with Crippen molar-refractivity contribution in [2.24, 2.45) is 5.10 Å². The molecule has 0 heterocycles. The molecular weight excluding hydrogens is 242 g/mol. The molecule has 1 rings (SSSR count). The number of nitrogens with zero attached hydrogens (tertiary/aromatic N) is 1. The number of hydrogen-bond donors (Lipinski definition) is 3. The van der Waals surface area contributed by atoms with Crippen molar-refractivity contribution in [3.63, 3.8) is 0 Å². The summed E-state index contributed by atoms with van der Waals surface area (Å²) in [6, 6.07) is 6.23. The number of carboxylic acid groups (broad SMARTS) is 1. The fraction of sp³-hybridized carbons (Fsp3) is 0.0714. The highest BCUT2D eigenvalue weighted by atomic mass is 16.4. The topological polar surface area (TPSA) is 85.5 Å². The molecule has 98 valence electrons. The van der Waals surface area contributed by atoms with Gasteiger partial charge in [0.05, 0.1) is 17.0 Å². The molecule has 0 fully saturated rings. The van der Waals surface area contributed by atoms with Gasteiger partial charge in [-0.3, -0.25) is 5.43 Å². The largest absolute Gasteiger partial charge is 0.478 e. The third kappa shape index (κ3) is 4.99. The van der Waals surface area contributed by atoms with E-state index in [1.807, 2.05) is 0 Å². The highest BCUT2D eigenvalue weighted by Gasteiger charge is 2.00. The van der Waals surface area contributed by atoms with Gasteiger partial charge in [-0.15, -0.1) is 0 Å². The van der Waals surface area contributed by atoms with Crippen LogP contribution in [0.4, 0.5) is 5.69 Å². The molecule has 0 aromatic heterocycles. The van der Waals surface area contributed by atoms with Gasteiger partial charge >= 0.3 is 5.97 Å². The summed E-state index contributed by atoms with van der Waals surface area (Å²) in [6.45, 7) is 5.28. The molecule has 3 N–H and O–H groups in total. The predicted octanol–water partition coefficient (Wildman–Crippen LogP) is 2.93. The minimum absolute atomic E-state index is 0.220. The Morgan fingerprint density at radius 2 is 2.00 bits per heavy atom. The standard InChI is InChI=1S/C14H15N3O2/c1-3-12(7-4-10(2)15)16-17-13-8-5-11(6-9-13)14(18)19/h3-9,15,17H,1H2,2H3,(H,18,19). The number of nitrogens with one attached hydrogen (secondary N) is 2. The molecule has 0 aliphatic rings. The van der Waals surface area contributed by atoms with Crippen molar-refractivity contribution in [3.8, 4) is 0 Å². The molecule has 5 nitrogen and oxygen atoms in total. The normalized spacial score (nSPS) is 11.3. The van der Waals surface area contributed by atoms with Crippen LogP contribution in [0.2, 0.25) is 0 Å². The van der Waals surface area contributed by atoms with Gasteiger partial charge in [0.2, 0.25) is 0 Å².